The van der Waals surface area contributed by atoms with Gasteiger partial charge in [-0.05, 0) is 35.7 Å². The van der Waals surface area contributed by atoms with Gasteiger partial charge in [0.15, 0.2) is 0 Å². The van der Waals surface area contributed by atoms with Gasteiger partial charge < -0.3 is 9.64 Å². The summed E-state index contributed by atoms with van der Waals surface area (Å²) in [6.07, 6.45) is 0.800. The molecule has 2 heterocycles. The Hall–Kier alpha value is -0.910. The monoisotopic (exact) mass is 268 g/mol. The second-order valence-electron chi connectivity index (χ2n) is 4.64. The van der Waals surface area contributed by atoms with Crippen LogP contribution < -0.4 is 5.32 Å². The van der Waals surface area contributed by atoms with Gasteiger partial charge in [-0.15, -0.1) is 0 Å². The van der Waals surface area contributed by atoms with Crippen LogP contribution in [0.15, 0.2) is 16.8 Å². The maximum absolute atomic E-state index is 12.4. The Kier molecular flexibility index (Phi) is 4.37. The summed E-state index contributed by atoms with van der Waals surface area (Å²) in [7, 11) is 1.67. The Morgan fingerprint density at radius 3 is 2.94 bits per heavy atom. The van der Waals surface area contributed by atoms with Gasteiger partial charge >= 0.3 is 0 Å². The number of ether oxygens (including phenoxy) is 1. The first-order valence-electron chi connectivity index (χ1n) is 6.28. The molecule has 3 unspecified atom stereocenters. The van der Waals surface area contributed by atoms with Gasteiger partial charge in [0.2, 0.25) is 5.91 Å². The highest BCUT2D eigenvalue weighted by molar-refractivity contribution is 7.07. The first-order chi connectivity index (χ1) is 8.69. The molecule has 0 spiro atoms. The van der Waals surface area contributed by atoms with Crippen LogP contribution in [0.25, 0.3) is 0 Å². The van der Waals surface area contributed by atoms with E-state index in [0.717, 1.165) is 12.0 Å². The van der Waals surface area contributed by atoms with E-state index in [-0.39, 0.29) is 24.2 Å². The van der Waals surface area contributed by atoms with Gasteiger partial charge in [0.1, 0.15) is 6.17 Å². The van der Waals surface area contributed by atoms with Crippen molar-refractivity contribution < 1.29 is 9.53 Å². The number of nitrogens with zero attached hydrogens (tertiary/aromatic N) is 1. The number of carbonyl (C=O) groups excluding carboxylic acids is 1. The molecule has 1 aromatic heterocycles. The van der Waals surface area contributed by atoms with E-state index in [9.17, 15) is 4.79 Å². The fourth-order valence-electron chi connectivity index (χ4n) is 2.42. The third kappa shape index (κ3) is 2.43. The molecule has 1 amide bonds. The number of hydrogen-bond donors (Lipinski definition) is 1. The number of rotatable bonds is 5. The molecular weight excluding hydrogens is 248 g/mol. The largest absolute Gasteiger partial charge is 0.383 e. The summed E-state index contributed by atoms with van der Waals surface area (Å²) in [6, 6.07) is 2.07. The van der Waals surface area contributed by atoms with Gasteiger partial charge in [-0.2, -0.15) is 11.3 Å². The average molecular weight is 268 g/mol. The summed E-state index contributed by atoms with van der Waals surface area (Å²) in [5.41, 5.74) is 1.16. The van der Waals surface area contributed by atoms with E-state index in [1.165, 1.54) is 0 Å². The minimum atomic E-state index is -0.0748. The Balaban J connectivity index is 2.23. The minimum Gasteiger partial charge on any atom is -0.383 e. The van der Waals surface area contributed by atoms with Crippen LogP contribution >= 0.6 is 11.3 Å². The van der Waals surface area contributed by atoms with Crippen LogP contribution in [0.1, 0.15) is 32.0 Å². The van der Waals surface area contributed by atoms with Crippen molar-refractivity contribution in [1.29, 1.82) is 0 Å². The molecule has 0 saturated carbocycles. The molecule has 1 aliphatic heterocycles. The van der Waals surface area contributed by atoms with E-state index < -0.39 is 0 Å². The predicted molar refractivity (Wildman–Crippen MR) is 72.5 cm³/mol. The predicted octanol–water partition coefficient (Wildman–Crippen LogP) is 1.99. The van der Waals surface area contributed by atoms with Crippen LogP contribution in [0.5, 0.6) is 0 Å². The SMILES string of the molecule is CCC1NC(c2ccsc2)N(C(C)COC)C1=O. The van der Waals surface area contributed by atoms with Crippen molar-refractivity contribution in [3.8, 4) is 0 Å². The lowest BCUT2D eigenvalue weighted by molar-refractivity contribution is -0.133. The smallest absolute Gasteiger partial charge is 0.241 e. The standard InChI is InChI=1S/C13H20N2O2S/c1-4-11-13(16)15(9(2)7-17-3)12(14-11)10-5-6-18-8-10/h5-6,8-9,11-12,14H,4,7H2,1-3H3. The van der Waals surface area contributed by atoms with E-state index in [4.69, 9.17) is 4.74 Å². The number of carbonyl (C=O) groups is 1. The Morgan fingerprint density at radius 1 is 1.61 bits per heavy atom. The number of thiophene rings is 1. The molecule has 18 heavy (non-hydrogen) atoms. The van der Waals surface area contributed by atoms with E-state index >= 15 is 0 Å². The van der Waals surface area contributed by atoms with Crippen molar-refractivity contribution >= 4 is 17.2 Å². The first-order valence-corrected chi connectivity index (χ1v) is 7.22. The fourth-order valence-corrected chi connectivity index (χ4v) is 3.10. The van der Waals surface area contributed by atoms with Gasteiger partial charge in [0, 0.05) is 7.11 Å². The second kappa shape index (κ2) is 5.82. The van der Waals surface area contributed by atoms with Gasteiger partial charge in [0.25, 0.3) is 0 Å². The zero-order valence-electron chi connectivity index (χ0n) is 11.1. The highest BCUT2D eigenvalue weighted by Crippen LogP contribution is 2.29. The first kappa shape index (κ1) is 13.5. The third-order valence-electron chi connectivity index (χ3n) is 3.34. The second-order valence-corrected chi connectivity index (χ2v) is 5.42. The van der Waals surface area contributed by atoms with Crippen molar-refractivity contribution in [2.24, 2.45) is 0 Å². The lowest BCUT2D eigenvalue weighted by Crippen LogP contribution is -2.40. The molecule has 1 saturated heterocycles. The molecule has 4 nitrogen and oxygen atoms in total. The van der Waals surface area contributed by atoms with E-state index in [1.54, 1.807) is 18.4 Å². The van der Waals surface area contributed by atoms with E-state index in [1.807, 2.05) is 24.1 Å². The Labute approximate surface area is 112 Å². The summed E-state index contributed by atoms with van der Waals surface area (Å²) in [6.45, 7) is 4.62. The maximum Gasteiger partial charge on any atom is 0.241 e. The number of methoxy groups -OCH3 is 1. The topological polar surface area (TPSA) is 41.6 Å². The number of nitrogens with one attached hydrogen (secondary N) is 1. The number of hydrogen-bond acceptors (Lipinski definition) is 4. The van der Waals surface area contributed by atoms with Gasteiger partial charge in [-0.1, -0.05) is 6.92 Å². The van der Waals surface area contributed by atoms with Gasteiger partial charge in [-0.3, -0.25) is 10.1 Å². The molecule has 100 valence electrons. The highest BCUT2D eigenvalue weighted by atomic mass is 32.1. The molecular formula is C13H20N2O2S. The summed E-state index contributed by atoms with van der Waals surface area (Å²) in [5, 5.41) is 7.54. The van der Waals surface area contributed by atoms with Gasteiger partial charge in [0.05, 0.1) is 18.7 Å². The Morgan fingerprint density at radius 2 is 2.39 bits per heavy atom. The molecule has 0 bridgehead atoms. The van der Waals surface area contributed by atoms with Crippen LogP contribution in [0.4, 0.5) is 0 Å². The third-order valence-corrected chi connectivity index (χ3v) is 4.04. The van der Waals surface area contributed by atoms with Crippen molar-refractivity contribution in [2.45, 2.75) is 38.5 Å². The van der Waals surface area contributed by atoms with Crippen LogP contribution in [-0.4, -0.2) is 36.6 Å². The van der Waals surface area contributed by atoms with Gasteiger partial charge in [-0.25, -0.2) is 0 Å². The molecule has 3 atom stereocenters. The fraction of sp³-hybridized carbons (Fsp3) is 0.615. The number of amides is 1. The molecule has 0 aromatic carbocycles. The minimum absolute atomic E-state index is 0.0150. The normalized spacial score (nSPS) is 25.7. The zero-order valence-corrected chi connectivity index (χ0v) is 11.9. The maximum atomic E-state index is 12.4. The Bertz CT molecular complexity index is 394. The highest BCUT2D eigenvalue weighted by Gasteiger charge is 2.41. The van der Waals surface area contributed by atoms with E-state index in [2.05, 4.69) is 16.8 Å². The lowest BCUT2D eigenvalue weighted by atomic mass is 10.2. The van der Waals surface area contributed by atoms with Crippen LogP contribution in [-0.2, 0) is 9.53 Å². The lowest BCUT2D eigenvalue weighted by Gasteiger charge is -2.29. The molecule has 1 fully saturated rings. The zero-order chi connectivity index (χ0) is 13.1. The summed E-state index contributed by atoms with van der Waals surface area (Å²) in [4.78, 5) is 14.3. The quantitative estimate of drug-likeness (QED) is 0.888. The van der Waals surface area contributed by atoms with Crippen molar-refractivity contribution in [3.63, 3.8) is 0 Å². The molecule has 1 aromatic rings. The van der Waals surface area contributed by atoms with Crippen molar-refractivity contribution in [2.75, 3.05) is 13.7 Å². The molecule has 0 radical (unpaired) electrons. The van der Waals surface area contributed by atoms with E-state index in [0.29, 0.717) is 6.61 Å². The van der Waals surface area contributed by atoms with Crippen molar-refractivity contribution in [3.05, 3.63) is 22.4 Å². The summed E-state index contributed by atoms with van der Waals surface area (Å²) >= 11 is 1.65. The van der Waals surface area contributed by atoms with Crippen LogP contribution in [0.2, 0.25) is 0 Å². The molecule has 0 aliphatic carbocycles. The van der Waals surface area contributed by atoms with Crippen LogP contribution in [0, 0.1) is 0 Å². The molecule has 5 heteroatoms. The summed E-state index contributed by atoms with van der Waals surface area (Å²) < 4.78 is 5.18. The molecule has 2 rings (SSSR count). The van der Waals surface area contributed by atoms with Crippen molar-refractivity contribution in [1.82, 2.24) is 10.2 Å². The average Bonchev–Trinajstić information content (AvgIpc) is 2.96. The molecule has 1 aliphatic rings. The molecule has 1 N–H and O–H groups in total. The summed E-state index contributed by atoms with van der Waals surface area (Å²) in [5.74, 6) is 0.179. The van der Waals surface area contributed by atoms with Crippen LogP contribution in [0.3, 0.4) is 0 Å².